The molecule has 0 aliphatic heterocycles. The van der Waals surface area contributed by atoms with Crippen molar-refractivity contribution in [1.29, 1.82) is 0 Å². The highest BCUT2D eigenvalue weighted by molar-refractivity contribution is 7.92. The van der Waals surface area contributed by atoms with Crippen LogP contribution in [0.4, 0.5) is 5.69 Å². The van der Waals surface area contributed by atoms with Crippen LogP contribution in [0.1, 0.15) is 41.5 Å². The zero-order valence-corrected chi connectivity index (χ0v) is 22.8. The lowest BCUT2D eigenvalue weighted by Crippen LogP contribution is -2.22. The molecule has 10 heteroatoms. The molecule has 0 fully saturated rings. The van der Waals surface area contributed by atoms with Crippen LogP contribution in [0.15, 0.2) is 71.6 Å². The third-order valence-corrected chi connectivity index (χ3v) is 8.91. The first-order chi connectivity index (χ1) is 18.0. The van der Waals surface area contributed by atoms with E-state index in [1.165, 1.54) is 30.3 Å². The predicted molar refractivity (Wildman–Crippen MR) is 148 cm³/mol. The van der Waals surface area contributed by atoms with E-state index in [0.29, 0.717) is 44.9 Å². The van der Waals surface area contributed by atoms with Gasteiger partial charge in [-0.1, -0.05) is 37.6 Å². The number of aromatic nitrogens is 1. The molecule has 1 atom stereocenters. The third kappa shape index (κ3) is 5.50. The van der Waals surface area contributed by atoms with Gasteiger partial charge in [0.15, 0.2) is 9.84 Å². The van der Waals surface area contributed by atoms with Crippen molar-refractivity contribution in [3.05, 3.63) is 104 Å². The van der Waals surface area contributed by atoms with Gasteiger partial charge in [-0.05, 0) is 73.6 Å². The molecule has 0 aliphatic rings. The summed E-state index contributed by atoms with van der Waals surface area (Å²) in [5.41, 5.74) is 2.53. The van der Waals surface area contributed by atoms with Gasteiger partial charge in [-0.25, -0.2) is 8.42 Å². The van der Waals surface area contributed by atoms with Crippen LogP contribution in [-0.2, 0) is 16.4 Å². The molecule has 0 bridgehead atoms. The van der Waals surface area contributed by atoms with Gasteiger partial charge >= 0.3 is 0 Å². The first kappa shape index (κ1) is 27.5. The summed E-state index contributed by atoms with van der Waals surface area (Å²) in [7, 11) is -4.12. The van der Waals surface area contributed by atoms with Gasteiger partial charge in [0.25, 0.3) is 5.69 Å². The summed E-state index contributed by atoms with van der Waals surface area (Å²) in [4.78, 5) is 17.2. The van der Waals surface area contributed by atoms with Gasteiger partial charge in [-0.15, -0.1) is 0 Å². The van der Waals surface area contributed by atoms with Crippen molar-refractivity contribution in [1.82, 2.24) is 9.88 Å². The Labute approximate surface area is 226 Å². The molecule has 0 aliphatic carbocycles. The number of benzene rings is 3. The predicted octanol–water partition coefficient (Wildman–Crippen LogP) is 6.22. The standard InChI is InChI=1S/C28H28ClN3O5S/c1-4-31(5-2)17-20-15-19(6-13-27(20)33)28(38(36,37)23-10-8-22(9-11-23)32(34)35)25-14-18(3)30-26-16-21(29)7-12-24(25)26/h6-16,28,33H,4-5,17H2,1-3H3. The van der Waals surface area contributed by atoms with Crippen molar-refractivity contribution in [2.75, 3.05) is 13.1 Å². The van der Waals surface area contributed by atoms with Crippen molar-refractivity contribution in [3.8, 4) is 5.75 Å². The smallest absolute Gasteiger partial charge is 0.269 e. The number of pyridine rings is 1. The summed E-state index contributed by atoms with van der Waals surface area (Å²) in [6.07, 6.45) is 0. The maximum absolute atomic E-state index is 14.3. The number of phenols is 1. The summed E-state index contributed by atoms with van der Waals surface area (Å²) in [6.45, 7) is 7.79. The van der Waals surface area contributed by atoms with Crippen molar-refractivity contribution in [2.24, 2.45) is 0 Å². The van der Waals surface area contributed by atoms with Crippen LogP contribution in [0.25, 0.3) is 10.9 Å². The topological polar surface area (TPSA) is 114 Å². The number of nitrogens with zero attached hydrogens (tertiary/aromatic N) is 3. The van der Waals surface area contributed by atoms with Crippen LogP contribution in [0.2, 0.25) is 5.02 Å². The minimum Gasteiger partial charge on any atom is -0.508 e. The fourth-order valence-corrected chi connectivity index (χ4v) is 6.57. The van der Waals surface area contributed by atoms with E-state index in [1.807, 2.05) is 13.8 Å². The Balaban J connectivity index is 1.99. The Morgan fingerprint density at radius 3 is 2.34 bits per heavy atom. The number of hydrogen-bond acceptors (Lipinski definition) is 7. The summed E-state index contributed by atoms with van der Waals surface area (Å²) >= 11 is 6.21. The molecule has 38 heavy (non-hydrogen) atoms. The van der Waals surface area contributed by atoms with E-state index < -0.39 is 20.0 Å². The van der Waals surface area contributed by atoms with E-state index in [1.54, 1.807) is 43.3 Å². The maximum Gasteiger partial charge on any atom is 0.269 e. The molecular formula is C28H28ClN3O5S. The highest BCUT2D eigenvalue weighted by atomic mass is 35.5. The number of nitro benzene ring substituents is 1. The molecule has 8 nitrogen and oxygen atoms in total. The molecule has 198 valence electrons. The minimum atomic E-state index is -4.12. The van der Waals surface area contributed by atoms with Crippen molar-refractivity contribution >= 4 is 38.0 Å². The Bertz CT molecular complexity index is 1600. The number of aryl methyl sites for hydroxylation is 1. The second kappa shape index (κ2) is 11.1. The highest BCUT2D eigenvalue weighted by Crippen LogP contribution is 2.40. The van der Waals surface area contributed by atoms with Gasteiger partial charge in [0, 0.05) is 40.3 Å². The van der Waals surface area contributed by atoms with Gasteiger partial charge < -0.3 is 5.11 Å². The van der Waals surface area contributed by atoms with Crippen LogP contribution in [0.3, 0.4) is 0 Å². The van der Waals surface area contributed by atoms with Gasteiger partial charge in [0.05, 0.1) is 15.3 Å². The average molecular weight is 554 g/mol. The van der Waals surface area contributed by atoms with Crippen LogP contribution in [0.5, 0.6) is 5.75 Å². The van der Waals surface area contributed by atoms with E-state index in [-0.39, 0.29) is 16.3 Å². The fourth-order valence-electron chi connectivity index (χ4n) is 4.59. The Kier molecular flexibility index (Phi) is 8.01. The lowest BCUT2D eigenvalue weighted by molar-refractivity contribution is -0.384. The summed E-state index contributed by atoms with van der Waals surface area (Å²) in [6, 6.07) is 16.6. The monoisotopic (exact) mass is 553 g/mol. The zero-order chi connectivity index (χ0) is 27.6. The number of aromatic hydroxyl groups is 1. The van der Waals surface area contributed by atoms with Gasteiger partial charge in [0.2, 0.25) is 0 Å². The number of halogens is 1. The van der Waals surface area contributed by atoms with E-state index >= 15 is 0 Å². The lowest BCUT2D eigenvalue weighted by atomic mass is 9.97. The first-order valence-electron chi connectivity index (χ1n) is 12.1. The van der Waals surface area contributed by atoms with E-state index in [0.717, 1.165) is 13.1 Å². The molecule has 3 aromatic carbocycles. The van der Waals surface area contributed by atoms with Gasteiger partial charge in [-0.3, -0.25) is 20.0 Å². The van der Waals surface area contributed by atoms with Gasteiger partial charge in [0.1, 0.15) is 11.0 Å². The average Bonchev–Trinajstić information content (AvgIpc) is 2.88. The largest absolute Gasteiger partial charge is 0.508 e. The Morgan fingerprint density at radius 1 is 1.03 bits per heavy atom. The van der Waals surface area contributed by atoms with Crippen LogP contribution in [0, 0.1) is 17.0 Å². The number of non-ortho nitro benzene ring substituents is 1. The molecule has 0 spiro atoms. The number of sulfone groups is 1. The summed E-state index contributed by atoms with van der Waals surface area (Å²) < 4.78 is 28.6. The first-order valence-corrected chi connectivity index (χ1v) is 14.1. The number of fused-ring (bicyclic) bond motifs is 1. The second-order valence-electron chi connectivity index (χ2n) is 9.04. The highest BCUT2D eigenvalue weighted by Gasteiger charge is 2.33. The van der Waals surface area contributed by atoms with Gasteiger partial charge in [-0.2, -0.15) is 0 Å². The van der Waals surface area contributed by atoms with Crippen LogP contribution >= 0.6 is 11.6 Å². The molecule has 0 saturated heterocycles. The van der Waals surface area contributed by atoms with Crippen molar-refractivity contribution in [2.45, 2.75) is 37.5 Å². The number of phenolic OH excluding ortho intramolecular Hbond substituents is 1. The molecule has 4 aromatic rings. The quantitative estimate of drug-likeness (QED) is 0.193. The molecule has 1 aromatic heterocycles. The van der Waals surface area contributed by atoms with E-state index in [4.69, 9.17) is 11.6 Å². The molecule has 1 N–H and O–H groups in total. The van der Waals surface area contributed by atoms with Crippen LogP contribution in [-0.4, -0.2) is 41.4 Å². The zero-order valence-electron chi connectivity index (χ0n) is 21.3. The summed E-state index contributed by atoms with van der Waals surface area (Å²) in [5.74, 6) is 0.0784. The molecule has 0 amide bonds. The van der Waals surface area contributed by atoms with Crippen LogP contribution < -0.4 is 0 Å². The Morgan fingerprint density at radius 2 is 1.71 bits per heavy atom. The van der Waals surface area contributed by atoms with E-state index in [9.17, 15) is 23.6 Å². The number of hydrogen-bond donors (Lipinski definition) is 1. The molecular weight excluding hydrogens is 526 g/mol. The SMILES string of the molecule is CCN(CC)Cc1cc(C(c2cc(C)nc3cc(Cl)ccc23)S(=O)(=O)c2ccc([N+](=O)[O-])cc2)ccc1O. The Hall–Kier alpha value is -3.53. The normalized spacial score (nSPS) is 12.7. The van der Waals surface area contributed by atoms with E-state index in [2.05, 4.69) is 9.88 Å². The number of rotatable bonds is 9. The minimum absolute atomic E-state index is 0.0527. The molecule has 1 unspecified atom stereocenters. The molecule has 0 saturated carbocycles. The fraction of sp³-hybridized carbons (Fsp3) is 0.250. The lowest BCUT2D eigenvalue weighted by Gasteiger charge is -2.23. The third-order valence-electron chi connectivity index (χ3n) is 6.60. The molecule has 1 heterocycles. The van der Waals surface area contributed by atoms with Crippen molar-refractivity contribution in [3.63, 3.8) is 0 Å². The maximum atomic E-state index is 14.3. The molecule has 4 rings (SSSR count). The summed E-state index contributed by atoms with van der Waals surface area (Å²) in [5, 5.41) is 21.7. The second-order valence-corrected chi connectivity index (χ2v) is 11.5. The number of nitro groups is 1. The molecule has 0 radical (unpaired) electrons. The van der Waals surface area contributed by atoms with Crippen molar-refractivity contribution < 1.29 is 18.4 Å².